The van der Waals surface area contributed by atoms with Gasteiger partial charge in [-0.25, -0.2) is 9.18 Å². The normalized spacial score (nSPS) is 11.1. The third-order valence-corrected chi connectivity index (χ3v) is 3.39. The number of ether oxygens (including phenoxy) is 1. The molecule has 0 amide bonds. The number of benzene rings is 1. The Morgan fingerprint density at radius 2 is 2.21 bits per heavy atom. The number of esters is 1. The van der Waals surface area contributed by atoms with E-state index < -0.39 is 11.8 Å². The van der Waals surface area contributed by atoms with Crippen molar-refractivity contribution < 1.29 is 22.8 Å². The van der Waals surface area contributed by atoms with E-state index in [1.54, 1.807) is 24.3 Å². The molecule has 122 valence electrons. The summed E-state index contributed by atoms with van der Waals surface area (Å²) in [6.45, 7) is -0.197. The van der Waals surface area contributed by atoms with Crippen molar-refractivity contribution >= 4 is 28.0 Å². The van der Waals surface area contributed by atoms with E-state index in [2.05, 4.69) is 26.1 Å². The predicted molar refractivity (Wildman–Crippen MR) is 84.9 cm³/mol. The summed E-state index contributed by atoms with van der Waals surface area (Å²) in [5.41, 5.74) is 0.263. The number of furan rings is 1. The van der Waals surface area contributed by atoms with Gasteiger partial charge in [-0.1, -0.05) is 15.9 Å². The number of carbonyl (C=O) groups is 1. The third-order valence-electron chi connectivity index (χ3n) is 2.89. The Kier molecular flexibility index (Phi) is 4.85. The monoisotopic (exact) mass is 392 g/mol. The summed E-state index contributed by atoms with van der Waals surface area (Å²) < 4.78 is 29.6. The molecule has 8 heteroatoms. The molecule has 24 heavy (non-hydrogen) atoms. The van der Waals surface area contributed by atoms with E-state index >= 15 is 0 Å². The van der Waals surface area contributed by atoms with Crippen LogP contribution in [-0.4, -0.2) is 16.2 Å². The topological polar surface area (TPSA) is 78.4 Å². The van der Waals surface area contributed by atoms with Crippen molar-refractivity contribution in [2.75, 3.05) is 0 Å². The summed E-state index contributed by atoms with van der Waals surface area (Å²) in [6, 6.07) is 7.76. The lowest BCUT2D eigenvalue weighted by atomic mass is 10.2. The van der Waals surface area contributed by atoms with Gasteiger partial charge in [0.25, 0.3) is 11.8 Å². The molecule has 0 saturated heterocycles. The molecular weight excluding hydrogens is 383 g/mol. The Morgan fingerprint density at radius 3 is 3.00 bits per heavy atom. The number of hydrogen-bond donors (Lipinski definition) is 0. The van der Waals surface area contributed by atoms with E-state index in [0.29, 0.717) is 10.2 Å². The Labute approximate surface area is 144 Å². The van der Waals surface area contributed by atoms with Crippen molar-refractivity contribution in [3.8, 4) is 11.7 Å². The lowest BCUT2D eigenvalue weighted by molar-refractivity contribution is -0.139. The first-order chi connectivity index (χ1) is 11.6. The van der Waals surface area contributed by atoms with Crippen molar-refractivity contribution in [2.24, 2.45) is 0 Å². The number of aromatic nitrogens is 2. The van der Waals surface area contributed by atoms with Gasteiger partial charge in [0.2, 0.25) is 0 Å². The van der Waals surface area contributed by atoms with Crippen LogP contribution in [0.4, 0.5) is 4.39 Å². The Morgan fingerprint density at radius 1 is 1.33 bits per heavy atom. The fourth-order valence-corrected chi connectivity index (χ4v) is 2.17. The van der Waals surface area contributed by atoms with Crippen molar-refractivity contribution in [3.63, 3.8) is 0 Å². The fourth-order valence-electron chi connectivity index (χ4n) is 1.79. The number of hydrogen-bond acceptors (Lipinski definition) is 6. The van der Waals surface area contributed by atoms with Gasteiger partial charge in [-0.15, -0.1) is 10.2 Å². The highest BCUT2D eigenvalue weighted by Gasteiger charge is 2.12. The summed E-state index contributed by atoms with van der Waals surface area (Å²) in [6.07, 6.45) is 3.92. The zero-order chi connectivity index (χ0) is 16.9. The Bertz CT molecular complexity index is 874. The van der Waals surface area contributed by atoms with Crippen LogP contribution in [0, 0.1) is 5.82 Å². The minimum atomic E-state index is -0.660. The lowest BCUT2D eigenvalue weighted by Crippen LogP contribution is -2.01. The molecular formula is C16H10BrFN2O4. The van der Waals surface area contributed by atoms with E-state index in [4.69, 9.17) is 13.6 Å². The van der Waals surface area contributed by atoms with E-state index in [-0.39, 0.29) is 24.0 Å². The molecule has 0 N–H and O–H groups in total. The van der Waals surface area contributed by atoms with Crippen LogP contribution in [0.3, 0.4) is 0 Å². The van der Waals surface area contributed by atoms with Gasteiger partial charge in [-0.05, 0) is 36.4 Å². The molecule has 0 atom stereocenters. The summed E-state index contributed by atoms with van der Waals surface area (Å²) in [5.74, 6) is -0.367. The standard InChI is InChI=1S/C16H10BrFN2O4/c17-11-4-5-12(18)10(8-11)3-6-15(21)23-9-14-19-20-16(24-14)13-2-1-7-22-13/h1-8H,9H2/b6-3+. The molecule has 2 aromatic heterocycles. The average molecular weight is 393 g/mol. The first-order valence-electron chi connectivity index (χ1n) is 6.78. The summed E-state index contributed by atoms with van der Waals surface area (Å²) in [5, 5.41) is 7.52. The molecule has 0 fully saturated rings. The predicted octanol–water partition coefficient (Wildman–Crippen LogP) is 3.99. The zero-order valence-electron chi connectivity index (χ0n) is 12.1. The lowest BCUT2D eigenvalue weighted by Gasteiger charge is -1.99. The van der Waals surface area contributed by atoms with Gasteiger partial charge in [-0.2, -0.15) is 0 Å². The second-order valence-electron chi connectivity index (χ2n) is 4.59. The van der Waals surface area contributed by atoms with Crippen LogP contribution in [0.25, 0.3) is 17.7 Å². The quantitative estimate of drug-likeness (QED) is 0.482. The maximum atomic E-state index is 13.5. The van der Waals surface area contributed by atoms with E-state index in [1.165, 1.54) is 18.4 Å². The largest absolute Gasteiger partial charge is 0.459 e. The van der Waals surface area contributed by atoms with Gasteiger partial charge in [0.1, 0.15) is 5.82 Å². The van der Waals surface area contributed by atoms with E-state index in [0.717, 1.165) is 6.08 Å². The number of halogens is 2. The number of carbonyl (C=O) groups excluding carboxylic acids is 1. The van der Waals surface area contributed by atoms with Crippen molar-refractivity contribution in [2.45, 2.75) is 6.61 Å². The van der Waals surface area contributed by atoms with Gasteiger partial charge in [0, 0.05) is 16.1 Å². The second-order valence-corrected chi connectivity index (χ2v) is 5.50. The molecule has 3 aromatic rings. The van der Waals surface area contributed by atoms with Gasteiger partial charge in [0.15, 0.2) is 12.4 Å². The number of nitrogens with zero attached hydrogens (tertiary/aromatic N) is 2. The van der Waals surface area contributed by atoms with Crippen molar-refractivity contribution in [1.29, 1.82) is 0 Å². The van der Waals surface area contributed by atoms with Crippen LogP contribution >= 0.6 is 15.9 Å². The maximum Gasteiger partial charge on any atom is 0.331 e. The second kappa shape index (κ2) is 7.22. The van der Waals surface area contributed by atoms with Gasteiger partial charge < -0.3 is 13.6 Å². The smallest absolute Gasteiger partial charge is 0.331 e. The molecule has 0 saturated carbocycles. The summed E-state index contributed by atoms with van der Waals surface area (Å²) >= 11 is 3.23. The minimum absolute atomic E-state index is 0.122. The molecule has 0 aliphatic carbocycles. The summed E-state index contributed by atoms with van der Waals surface area (Å²) in [4.78, 5) is 11.7. The van der Waals surface area contributed by atoms with Crippen LogP contribution < -0.4 is 0 Å². The highest BCUT2D eigenvalue weighted by molar-refractivity contribution is 9.10. The zero-order valence-corrected chi connectivity index (χ0v) is 13.7. The fraction of sp³-hybridized carbons (Fsp3) is 0.0625. The van der Waals surface area contributed by atoms with Crippen LogP contribution in [0.15, 0.2) is 56.0 Å². The molecule has 0 bridgehead atoms. The van der Waals surface area contributed by atoms with Crippen molar-refractivity contribution in [1.82, 2.24) is 10.2 Å². The molecule has 0 aliphatic rings. The van der Waals surface area contributed by atoms with Crippen molar-refractivity contribution in [3.05, 3.63) is 64.4 Å². The van der Waals surface area contributed by atoms with Gasteiger partial charge in [-0.3, -0.25) is 0 Å². The molecule has 2 heterocycles. The molecule has 0 radical (unpaired) electrons. The molecule has 0 aliphatic heterocycles. The Hall–Kier alpha value is -2.74. The van der Waals surface area contributed by atoms with Crippen LogP contribution in [-0.2, 0) is 16.1 Å². The highest BCUT2D eigenvalue weighted by Crippen LogP contribution is 2.18. The highest BCUT2D eigenvalue weighted by atomic mass is 79.9. The SMILES string of the molecule is O=C(/C=C/c1cc(Br)ccc1F)OCc1nnc(-c2ccco2)o1. The van der Waals surface area contributed by atoms with Gasteiger partial charge >= 0.3 is 5.97 Å². The first-order valence-corrected chi connectivity index (χ1v) is 7.57. The molecule has 3 rings (SSSR count). The molecule has 1 aromatic carbocycles. The average Bonchev–Trinajstić information content (AvgIpc) is 3.24. The van der Waals surface area contributed by atoms with Crippen LogP contribution in [0.5, 0.6) is 0 Å². The van der Waals surface area contributed by atoms with Crippen LogP contribution in [0.1, 0.15) is 11.5 Å². The summed E-state index contributed by atoms with van der Waals surface area (Å²) in [7, 11) is 0. The molecule has 0 spiro atoms. The minimum Gasteiger partial charge on any atom is -0.459 e. The van der Waals surface area contributed by atoms with Crippen LogP contribution in [0.2, 0.25) is 0 Å². The third kappa shape index (κ3) is 3.96. The van der Waals surface area contributed by atoms with Gasteiger partial charge in [0.05, 0.1) is 6.26 Å². The number of rotatable bonds is 5. The van der Waals surface area contributed by atoms with E-state index in [9.17, 15) is 9.18 Å². The first kappa shape index (κ1) is 16.1. The maximum absolute atomic E-state index is 13.5. The molecule has 6 nitrogen and oxygen atoms in total. The molecule has 0 unspecified atom stereocenters. The Balaban J connectivity index is 1.58. The van der Waals surface area contributed by atoms with E-state index in [1.807, 2.05) is 0 Å².